The Bertz CT molecular complexity index is 674. The van der Waals surface area contributed by atoms with E-state index in [9.17, 15) is 19.2 Å². The zero-order chi connectivity index (χ0) is 28.1. The van der Waals surface area contributed by atoms with Gasteiger partial charge in [-0.25, -0.2) is 5.06 Å². The van der Waals surface area contributed by atoms with Gasteiger partial charge in [-0.15, -0.1) is 0 Å². The van der Waals surface area contributed by atoms with E-state index in [0.717, 1.165) is 5.06 Å². The monoisotopic (exact) mass is 503 g/mol. The second kappa shape index (κ2) is 15.8. The highest BCUT2D eigenvalue weighted by atomic mass is 16.7. The third-order valence-electron chi connectivity index (χ3n) is 4.46. The fourth-order valence-corrected chi connectivity index (χ4v) is 3.20. The number of rotatable bonds is 11. The first-order valence-electron chi connectivity index (χ1n) is 12.2. The van der Waals surface area contributed by atoms with Gasteiger partial charge in [0.1, 0.15) is 11.2 Å². The molecule has 9 nitrogen and oxygen atoms in total. The van der Waals surface area contributed by atoms with Crippen LogP contribution in [-0.4, -0.2) is 59.3 Å². The Kier molecular flexibility index (Phi) is 15.8. The molecule has 2 atom stereocenters. The largest absolute Gasteiger partial charge is 0.481 e. The fourth-order valence-electron chi connectivity index (χ4n) is 3.20. The van der Waals surface area contributed by atoms with E-state index in [2.05, 4.69) is 0 Å². The van der Waals surface area contributed by atoms with E-state index in [1.54, 1.807) is 27.8 Å². The number of hydroxylamine groups is 2. The third kappa shape index (κ3) is 19.8. The highest BCUT2D eigenvalue weighted by molar-refractivity contribution is 5.83. The van der Waals surface area contributed by atoms with Gasteiger partial charge in [-0.3, -0.25) is 24.0 Å². The van der Waals surface area contributed by atoms with Crippen molar-refractivity contribution in [3.63, 3.8) is 0 Å². The molecule has 0 rings (SSSR count). The number of amides is 1. The van der Waals surface area contributed by atoms with Crippen LogP contribution in [0.2, 0.25) is 0 Å². The minimum Gasteiger partial charge on any atom is -0.481 e. The molecule has 0 bridgehead atoms. The maximum atomic E-state index is 12.1. The number of nitrogens with zero attached hydrogens (tertiary/aromatic N) is 1. The molecule has 0 aliphatic carbocycles. The molecule has 0 aromatic carbocycles. The molecule has 0 heterocycles. The van der Waals surface area contributed by atoms with Gasteiger partial charge in [-0.2, -0.15) is 0 Å². The first-order valence-corrected chi connectivity index (χ1v) is 12.2. The average Bonchev–Trinajstić information content (AvgIpc) is 2.62. The van der Waals surface area contributed by atoms with Crippen molar-refractivity contribution in [1.82, 2.24) is 5.06 Å². The second-order valence-corrected chi connectivity index (χ2v) is 11.6. The topological polar surface area (TPSA) is 119 Å². The smallest absolute Gasteiger partial charge is 0.307 e. The highest BCUT2D eigenvalue weighted by Gasteiger charge is 2.28. The van der Waals surface area contributed by atoms with E-state index in [1.807, 2.05) is 48.5 Å². The van der Waals surface area contributed by atoms with Gasteiger partial charge in [0.25, 0.3) is 0 Å². The summed E-state index contributed by atoms with van der Waals surface area (Å²) in [5, 5.41) is 10.1. The van der Waals surface area contributed by atoms with Crippen molar-refractivity contribution in [2.45, 2.75) is 106 Å². The molecule has 0 aliphatic heterocycles. The SMILES string of the molecule is CC(C)C[C@H](CC(=O)OC(C)(C)C)C(=O)O.CON(C)C(=O)[C@@H](CC(=O)OC(C)(C)C)CC(C)C. The van der Waals surface area contributed by atoms with Crippen molar-refractivity contribution in [2.24, 2.45) is 23.7 Å². The molecule has 0 aliphatic rings. The van der Waals surface area contributed by atoms with Crippen LogP contribution >= 0.6 is 0 Å². The third-order valence-corrected chi connectivity index (χ3v) is 4.46. The highest BCUT2D eigenvalue weighted by Crippen LogP contribution is 2.21. The standard InChI is InChI=1S/C14H27NO4.C12H22O4/c1-10(2)8-11(13(17)15(6)18-7)9-12(16)19-14(3,4)5;1-8(2)6-9(11(14)15)7-10(13)16-12(3,4)5/h10-11H,8-9H2,1-7H3;8-9H,6-7H2,1-5H3,(H,14,15)/t11-;9-/m11/s1. The van der Waals surface area contributed by atoms with Gasteiger partial charge in [0, 0.05) is 7.05 Å². The van der Waals surface area contributed by atoms with Crippen LogP contribution in [0, 0.1) is 23.7 Å². The minimum atomic E-state index is -0.931. The summed E-state index contributed by atoms with van der Waals surface area (Å²) in [4.78, 5) is 51.2. The lowest BCUT2D eigenvalue weighted by atomic mass is 9.93. The molecule has 9 heteroatoms. The van der Waals surface area contributed by atoms with Gasteiger partial charge >= 0.3 is 17.9 Å². The Morgan fingerprint density at radius 2 is 1.09 bits per heavy atom. The maximum Gasteiger partial charge on any atom is 0.307 e. The molecule has 1 amide bonds. The molecule has 35 heavy (non-hydrogen) atoms. The molecule has 0 fully saturated rings. The van der Waals surface area contributed by atoms with Gasteiger partial charge < -0.3 is 14.6 Å². The van der Waals surface area contributed by atoms with Crippen molar-refractivity contribution in [3.8, 4) is 0 Å². The quantitative estimate of drug-likeness (QED) is 0.313. The predicted molar refractivity (Wildman–Crippen MR) is 134 cm³/mol. The molecule has 0 spiro atoms. The normalized spacial score (nSPS) is 13.4. The number of aliphatic carboxylic acids is 1. The number of carboxylic acids is 1. The summed E-state index contributed by atoms with van der Waals surface area (Å²) in [6.07, 6.45) is 1.16. The van der Waals surface area contributed by atoms with Crippen LogP contribution < -0.4 is 0 Å². The number of carboxylic acid groups (broad SMARTS) is 1. The molecule has 0 saturated heterocycles. The molecule has 0 saturated carbocycles. The lowest BCUT2D eigenvalue weighted by molar-refractivity contribution is -0.177. The summed E-state index contributed by atoms with van der Waals surface area (Å²) in [5.74, 6) is -2.39. The van der Waals surface area contributed by atoms with Gasteiger partial charge in [0.15, 0.2) is 0 Å². The van der Waals surface area contributed by atoms with E-state index in [-0.39, 0.29) is 30.6 Å². The molecule has 0 aromatic rings. The lowest BCUT2D eigenvalue weighted by Gasteiger charge is -2.25. The zero-order valence-corrected chi connectivity index (χ0v) is 23.9. The van der Waals surface area contributed by atoms with E-state index in [4.69, 9.17) is 19.4 Å². The van der Waals surface area contributed by atoms with Gasteiger partial charge in [-0.05, 0) is 66.2 Å². The first kappa shape index (κ1) is 35.0. The van der Waals surface area contributed by atoms with Crippen LogP contribution in [0.3, 0.4) is 0 Å². The van der Waals surface area contributed by atoms with Crippen molar-refractivity contribution in [1.29, 1.82) is 0 Å². The number of ether oxygens (including phenoxy) is 2. The summed E-state index contributed by atoms with van der Waals surface area (Å²) >= 11 is 0. The van der Waals surface area contributed by atoms with Gasteiger partial charge in [0.2, 0.25) is 5.91 Å². The molecule has 1 N–H and O–H groups in total. The van der Waals surface area contributed by atoms with Gasteiger partial charge in [-0.1, -0.05) is 27.7 Å². The molecular weight excluding hydrogens is 454 g/mol. The summed E-state index contributed by atoms with van der Waals surface area (Å²) in [6, 6.07) is 0. The number of carbonyl (C=O) groups is 4. The number of hydrogen-bond acceptors (Lipinski definition) is 7. The van der Waals surface area contributed by atoms with Crippen molar-refractivity contribution < 1.29 is 38.6 Å². The number of hydrogen-bond donors (Lipinski definition) is 1. The zero-order valence-electron chi connectivity index (χ0n) is 23.9. The molecular formula is C26H49NO8. The Morgan fingerprint density at radius 3 is 1.37 bits per heavy atom. The maximum absolute atomic E-state index is 12.1. The molecule has 0 unspecified atom stereocenters. The first-order chi connectivity index (χ1) is 15.7. The van der Waals surface area contributed by atoms with E-state index in [1.165, 1.54) is 7.11 Å². The van der Waals surface area contributed by atoms with Crippen molar-refractivity contribution in [3.05, 3.63) is 0 Å². The average molecular weight is 504 g/mol. The Balaban J connectivity index is 0. The Hall–Kier alpha value is -2.16. The van der Waals surface area contributed by atoms with E-state index < -0.39 is 35.0 Å². The van der Waals surface area contributed by atoms with Crippen LogP contribution in [-0.2, 0) is 33.5 Å². The summed E-state index contributed by atoms with van der Waals surface area (Å²) in [6.45, 7) is 18.6. The van der Waals surface area contributed by atoms with Crippen LogP contribution in [0.4, 0.5) is 0 Å². The summed E-state index contributed by atoms with van der Waals surface area (Å²) in [7, 11) is 2.97. The second-order valence-electron chi connectivity index (χ2n) is 11.6. The Morgan fingerprint density at radius 1 is 0.743 bits per heavy atom. The van der Waals surface area contributed by atoms with Crippen LogP contribution in [0.5, 0.6) is 0 Å². The number of esters is 2. The minimum absolute atomic E-state index is 0.0508. The van der Waals surface area contributed by atoms with Crippen molar-refractivity contribution in [2.75, 3.05) is 14.2 Å². The number of carbonyl (C=O) groups excluding carboxylic acids is 3. The van der Waals surface area contributed by atoms with E-state index >= 15 is 0 Å². The predicted octanol–water partition coefficient (Wildman–Crippen LogP) is 4.87. The van der Waals surface area contributed by atoms with Crippen LogP contribution in [0.1, 0.15) is 94.9 Å². The van der Waals surface area contributed by atoms with Crippen molar-refractivity contribution >= 4 is 23.8 Å². The lowest BCUT2D eigenvalue weighted by Crippen LogP contribution is -2.35. The van der Waals surface area contributed by atoms with Crippen LogP contribution in [0.15, 0.2) is 0 Å². The summed E-state index contributed by atoms with van der Waals surface area (Å²) in [5.41, 5.74) is -1.09. The van der Waals surface area contributed by atoms with E-state index in [0.29, 0.717) is 18.8 Å². The molecule has 0 radical (unpaired) electrons. The van der Waals surface area contributed by atoms with Gasteiger partial charge in [0.05, 0.1) is 31.8 Å². The molecule has 0 aromatic heterocycles. The Labute approximate surface area is 211 Å². The molecule has 206 valence electrons. The fraction of sp³-hybridized carbons (Fsp3) is 0.846. The summed E-state index contributed by atoms with van der Waals surface area (Å²) < 4.78 is 10.4. The van der Waals surface area contributed by atoms with Crippen LogP contribution in [0.25, 0.3) is 0 Å².